The van der Waals surface area contributed by atoms with E-state index in [9.17, 15) is 4.79 Å². The number of nitrogens with two attached hydrogens (primary N) is 1. The number of amides is 1. The first-order valence-electron chi connectivity index (χ1n) is 7.73. The first kappa shape index (κ1) is 14.8. The topological polar surface area (TPSA) is 46.3 Å². The van der Waals surface area contributed by atoms with Crippen LogP contribution in [0, 0.1) is 6.92 Å². The maximum atomic E-state index is 12.0. The van der Waals surface area contributed by atoms with E-state index in [-0.39, 0.29) is 18.0 Å². The Kier molecular flexibility index (Phi) is 3.75. The summed E-state index contributed by atoms with van der Waals surface area (Å²) in [6.45, 7) is 5.76. The lowest BCUT2D eigenvalue weighted by atomic mass is 9.89. The molecule has 1 aliphatic rings. The molecule has 0 spiro atoms. The first-order valence-corrected chi connectivity index (χ1v) is 7.73. The molecule has 2 unspecified atom stereocenters. The highest BCUT2D eigenvalue weighted by molar-refractivity contribution is 5.94. The summed E-state index contributed by atoms with van der Waals surface area (Å²) in [5, 5.41) is 0. The normalized spacial score (nSPS) is 20.6. The molecule has 114 valence electrons. The molecule has 0 saturated heterocycles. The van der Waals surface area contributed by atoms with E-state index in [1.807, 2.05) is 11.0 Å². The molecule has 0 radical (unpaired) electrons. The minimum atomic E-state index is -0.0228. The maximum absolute atomic E-state index is 12.0. The third-order valence-electron chi connectivity index (χ3n) is 4.41. The van der Waals surface area contributed by atoms with Crippen LogP contribution in [0.15, 0.2) is 42.5 Å². The Balaban J connectivity index is 2.10. The molecule has 0 aliphatic carbocycles. The number of anilines is 1. The predicted octanol–water partition coefficient (Wildman–Crippen LogP) is 3.81. The van der Waals surface area contributed by atoms with Gasteiger partial charge in [0.15, 0.2) is 0 Å². The zero-order chi connectivity index (χ0) is 15.9. The lowest BCUT2D eigenvalue weighted by Crippen LogP contribution is -2.43. The smallest absolute Gasteiger partial charge is 0.224 e. The SMILES string of the molecule is CC(=O)N1c2ccc(-c3cccc(C)c3)cc2C(N)CC1C. The molecule has 3 heteroatoms. The molecular weight excluding hydrogens is 272 g/mol. The monoisotopic (exact) mass is 294 g/mol. The van der Waals surface area contributed by atoms with Crippen LogP contribution in [-0.2, 0) is 4.79 Å². The van der Waals surface area contributed by atoms with Crippen LogP contribution in [0.25, 0.3) is 11.1 Å². The van der Waals surface area contributed by atoms with E-state index < -0.39 is 0 Å². The van der Waals surface area contributed by atoms with Gasteiger partial charge >= 0.3 is 0 Å². The highest BCUT2D eigenvalue weighted by Crippen LogP contribution is 2.38. The van der Waals surface area contributed by atoms with Gasteiger partial charge in [0.05, 0.1) is 0 Å². The fraction of sp³-hybridized carbons (Fsp3) is 0.316. The molecule has 3 nitrogen and oxygen atoms in total. The first-order chi connectivity index (χ1) is 10.5. The van der Waals surface area contributed by atoms with Crippen molar-refractivity contribution in [1.82, 2.24) is 0 Å². The summed E-state index contributed by atoms with van der Waals surface area (Å²) >= 11 is 0. The number of rotatable bonds is 1. The molecule has 2 N–H and O–H groups in total. The number of hydrogen-bond acceptors (Lipinski definition) is 2. The van der Waals surface area contributed by atoms with Gasteiger partial charge in [-0.1, -0.05) is 35.9 Å². The van der Waals surface area contributed by atoms with E-state index in [0.717, 1.165) is 23.2 Å². The van der Waals surface area contributed by atoms with Crippen molar-refractivity contribution in [3.8, 4) is 11.1 Å². The van der Waals surface area contributed by atoms with Crippen molar-refractivity contribution in [2.75, 3.05) is 4.90 Å². The third kappa shape index (κ3) is 2.53. The fourth-order valence-electron chi connectivity index (χ4n) is 3.39. The molecule has 2 atom stereocenters. The molecule has 0 saturated carbocycles. The van der Waals surface area contributed by atoms with Crippen molar-refractivity contribution >= 4 is 11.6 Å². The summed E-state index contributed by atoms with van der Waals surface area (Å²) in [5.74, 6) is 0.0731. The number of aryl methyl sites for hydroxylation is 1. The molecule has 2 aromatic carbocycles. The molecule has 1 amide bonds. The van der Waals surface area contributed by atoms with Crippen molar-refractivity contribution in [1.29, 1.82) is 0 Å². The number of benzene rings is 2. The van der Waals surface area contributed by atoms with Gasteiger partial charge < -0.3 is 10.6 Å². The van der Waals surface area contributed by atoms with Crippen molar-refractivity contribution in [2.45, 2.75) is 39.3 Å². The van der Waals surface area contributed by atoms with Crippen molar-refractivity contribution in [3.05, 3.63) is 53.6 Å². The molecule has 0 fully saturated rings. The van der Waals surface area contributed by atoms with Gasteiger partial charge in [-0.25, -0.2) is 0 Å². The van der Waals surface area contributed by atoms with Gasteiger partial charge in [0, 0.05) is 24.7 Å². The van der Waals surface area contributed by atoms with Crippen LogP contribution in [0.5, 0.6) is 0 Å². The molecule has 1 heterocycles. The summed E-state index contributed by atoms with van der Waals surface area (Å²) in [4.78, 5) is 13.8. The third-order valence-corrected chi connectivity index (χ3v) is 4.41. The Morgan fingerprint density at radius 3 is 2.59 bits per heavy atom. The minimum Gasteiger partial charge on any atom is -0.324 e. The number of carbonyl (C=O) groups excluding carboxylic acids is 1. The second-order valence-electron chi connectivity index (χ2n) is 6.22. The molecule has 0 bridgehead atoms. The van der Waals surface area contributed by atoms with E-state index in [0.29, 0.717) is 0 Å². The van der Waals surface area contributed by atoms with Gasteiger partial charge in [0.2, 0.25) is 5.91 Å². The Hall–Kier alpha value is -2.13. The summed E-state index contributed by atoms with van der Waals surface area (Å²) in [6, 6.07) is 14.8. The van der Waals surface area contributed by atoms with E-state index in [1.165, 1.54) is 11.1 Å². The predicted molar refractivity (Wildman–Crippen MR) is 90.8 cm³/mol. The van der Waals surface area contributed by atoms with Gasteiger partial charge in [-0.2, -0.15) is 0 Å². The van der Waals surface area contributed by atoms with Crippen LogP contribution < -0.4 is 10.6 Å². The average Bonchev–Trinajstić information content (AvgIpc) is 2.46. The lowest BCUT2D eigenvalue weighted by molar-refractivity contribution is -0.117. The van der Waals surface area contributed by atoms with Crippen molar-refractivity contribution < 1.29 is 4.79 Å². The van der Waals surface area contributed by atoms with Crippen LogP contribution in [0.4, 0.5) is 5.69 Å². The van der Waals surface area contributed by atoms with Crippen LogP contribution in [0.2, 0.25) is 0 Å². The Morgan fingerprint density at radius 2 is 1.91 bits per heavy atom. The number of hydrogen-bond donors (Lipinski definition) is 1. The quantitative estimate of drug-likeness (QED) is 0.869. The van der Waals surface area contributed by atoms with E-state index in [1.54, 1.807) is 6.92 Å². The van der Waals surface area contributed by atoms with E-state index >= 15 is 0 Å². The molecule has 0 aromatic heterocycles. The van der Waals surface area contributed by atoms with Gasteiger partial charge in [0.1, 0.15) is 0 Å². The zero-order valence-electron chi connectivity index (χ0n) is 13.3. The number of fused-ring (bicyclic) bond motifs is 1. The minimum absolute atomic E-state index is 0.0228. The Labute approximate surface area is 131 Å². The van der Waals surface area contributed by atoms with Crippen LogP contribution in [0.1, 0.15) is 37.4 Å². The van der Waals surface area contributed by atoms with Crippen LogP contribution in [0.3, 0.4) is 0 Å². The Morgan fingerprint density at radius 1 is 1.18 bits per heavy atom. The summed E-state index contributed by atoms with van der Waals surface area (Å²) < 4.78 is 0. The molecular formula is C19H22N2O. The van der Waals surface area contributed by atoms with Crippen LogP contribution >= 0.6 is 0 Å². The number of nitrogens with zero attached hydrogens (tertiary/aromatic N) is 1. The summed E-state index contributed by atoms with van der Waals surface area (Å²) in [5.41, 5.74) is 11.9. The van der Waals surface area contributed by atoms with Crippen molar-refractivity contribution in [2.24, 2.45) is 5.73 Å². The summed E-state index contributed by atoms with van der Waals surface area (Å²) in [6.07, 6.45) is 0.795. The van der Waals surface area contributed by atoms with Gasteiger partial charge in [0.25, 0.3) is 0 Å². The Bertz CT molecular complexity index is 723. The molecule has 22 heavy (non-hydrogen) atoms. The maximum Gasteiger partial charge on any atom is 0.224 e. The molecule has 2 aromatic rings. The molecule has 3 rings (SSSR count). The molecule has 1 aliphatic heterocycles. The number of carbonyl (C=O) groups is 1. The van der Waals surface area contributed by atoms with Gasteiger partial charge in [-0.15, -0.1) is 0 Å². The van der Waals surface area contributed by atoms with Gasteiger partial charge in [-0.3, -0.25) is 4.79 Å². The highest BCUT2D eigenvalue weighted by atomic mass is 16.2. The average molecular weight is 294 g/mol. The van der Waals surface area contributed by atoms with E-state index in [4.69, 9.17) is 5.73 Å². The van der Waals surface area contributed by atoms with Gasteiger partial charge in [-0.05, 0) is 49.1 Å². The second kappa shape index (κ2) is 5.58. The van der Waals surface area contributed by atoms with E-state index in [2.05, 4.69) is 50.2 Å². The second-order valence-corrected chi connectivity index (χ2v) is 6.22. The standard InChI is InChI=1S/C19H22N2O/c1-12-5-4-6-15(9-12)16-7-8-19-17(11-16)18(20)10-13(2)21(19)14(3)22/h4-9,11,13,18H,10,20H2,1-3H3. The fourth-order valence-corrected chi connectivity index (χ4v) is 3.39. The summed E-state index contributed by atoms with van der Waals surface area (Å²) in [7, 11) is 0. The van der Waals surface area contributed by atoms with Crippen molar-refractivity contribution in [3.63, 3.8) is 0 Å². The zero-order valence-corrected chi connectivity index (χ0v) is 13.3. The largest absolute Gasteiger partial charge is 0.324 e. The lowest BCUT2D eigenvalue weighted by Gasteiger charge is -2.38. The van der Waals surface area contributed by atoms with Crippen LogP contribution in [-0.4, -0.2) is 11.9 Å². The highest BCUT2D eigenvalue weighted by Gasteiger charge is 2.30.